The highest BCUT2D eigenvalue weighted by molar-refractivity contribution is 5.27. The molecule has 2 N–H and O–H groups in total. The van der Waals surface area contributed by atoms with Crippen molar-refractivity contribution in [3.05, 3.63) is 18.0 Å². The SMILES string of the molecule is CNC(C)(C)CNc1ncc(C2CCCCC2)cn1. The van der Waals surface area contributed by atoms with Crippen LogP contribution in [0.25, 0.3) is 0 Å². The molecule has 1 aliphatic rings. The molecule has 1 aliphatic carbocycles. The highest BCUT2D eigenvalue weighted by Crippen LogP contribution is 2.31. The molecule has 0 unspecified atom stereocenters. The van der Waals surface area contributed by atoms with Crippen LogP contribution >= 0.6 is 0 Å². The van der Waals surface area contributed by atoms with Gasteiger partial charge in [0.15, 0.2) is 0 Å². The van der Waals surface area contributed by atoms with Gasteiger partial charge in [0.2, 0.25) is 5.95 Å². The number of rotatable bonds is 5. The first kappa shape index (κ1) is 14.3. The van der Waals surface area contributed by atoms with E-state index in [1.807, 2.05) is 19.4 Å². The van der Waals surface area contributed by atoms with Crippen LogP contribution in [-0.4, -0.2) is 29.1 Å². The standard InChI is InChI=1S/C15H26N4/c1-15(2,16-3)11-19-14-17-9-13(10-18-14)12-7-5-4-6-8-12/h9-10,12,16H,4-8,11H2,1-3H3,(H,17,18,19). The zero-order valence-corrected chi connectivity index (χ0v) is 12.4. The van der Waals surface area contributed by atoms with Gasteiger partial charge in [-0.3, -0.25) is 0 Å². The Bertz CT molecular complexity index is 380. The molecule has 4 nitrogen and oxygen atoms in total. The Labute approximate surface area is 116 Å². The van der Waals surface area contributed by atoms with E-state index in [-0.39, 0.29) is 5.54 Å². The number of likely N-dealkylation sites (N-methyl/N-ethyl adjacent to an activating group) is 1. The van der Waals surface area contributed by atoms with Crippen LogP contribution in [-0.2, 0) is 0 Å². The molecule has 1 saturated carbocycles. The minimum atomic E-state index is 0.0470. The van der Waals surface area contributed by atoms with Gasteiger partial charge >= 0.3 is 0 Å². The van der Waals surface area contributed by atoms with Crippen LogP contribution in [0.15, 0.2) is 12.4 Å². The molecule has 0 saturated heterocycles. The zero-order valence-electron chi connectivity index (χ0n) is 12.4. The van der Waals surface area contributed by atoms with E-state index in [4.69, 9.17) is 0 Å². The van der Waals surface area contributed by atoms with Crippen molar-refractivity contribution in [2.24, 2.45) is 0 Å². The summed E-state index contributed by atoms with van der Waals surface area (Å²) in [6.45, 7) is 5.11. The molecule has 0 amide bonds. The van der Waals surface area contributed by atoms with Gasteiger partial charge in [0.25, 0.3) is 0 Å². The molecule has 0 atom stereocenters. The first-order valence-corrected chi connectivity index (χ1v) is 7.35. The third-order valence-corrected chi connectivity index (χ3v) is 4.11. The van der Waals surface area contributed by atoms with Crippen LogP contribution in [0.4, 0.5) is 5.95 Å². The maximum atomic E-state index is 4.44. The summed E-state index contributed by atoms with van der Waals surface area (Å²) in [5.41, 5.74) is 1.35. The van der Waals surface area contributed by atoms with Crippen molar-refractivity contribution in [2.75, 3.05) is 18.9 Å². The summed E-state index contributed by atoms with van der Waals surface area (Å²) in [6.07, 6.45) is 10.7. The normalized spacial score (nSPS) is 17.4. The number of anilines is 1. The van der Waals surface area contributed by atoms with E-state index < -0.39 is 0 Å². The Hall–Kier alpha value is -1.16. The molecule has 2 rings (SSSR count). The molecule has 19 heavy (non-hydrogen) atoms. The van der Waals surface area contributed by atoms with Crippen molar-refractivity contribution in [3.8, 4) is 0 Å². The zero-order chi connectivity index (χ0) is 13.7. The van der Waals surface area contributed by atoms with Crippen molar-refractivity contribution in [3.63, 3.8) is 0 Å². The fourth-order valence-electron chi connectivity index (χ4n) is 2.46. The summed E-state index contributed by atoms with van der Waals surface area (Å²) in [7, 11) is 1.97. The van der Waals surface area contributed by atoms with Gasteiger partial charge in [-0.15, -0.1) is 0 Å². The van der Waals surface area contributed by atoms with Crippen molar-refractivity contribution < 1.29 is 0 Å². The van der Waals surface area contributed by atoms with Gasteiger partial charge < -0.3 is 10.6 Å². The summed E-state index contributed by atoms with van der Waals surface area (Å²) in [5.74, 6) is 1.40. The predicted octanol–water partition coefficient (Wildman–Crippen LogP) is 2.93. The van der Waals surface area contributed by atoms with Crippen LogP contribution in [0, 0.1) is 0 Å². The number of hydrogen-bond donors (Lipinski definition) is 2. The second-order valence-electron chi connectivity index (χ2n) is 6.16. The fraction of sp³-hybridized carbons (Fsp3) is 0.733. The van der Waals surface area contributed by atoms with Gasteiger partial charge in [0.05, 0.1) is 0 Å². The first-order chi connectivity index (χ1) is 9.11. The monoisotopic (exact) mass is 262 g/mol. The lowest BCUT2D eigenvalue weighted by molar-refractivity contribution is 0.441. The smallest absolute Gasteiger partial charge is 0.222 e. The van der Waals surface area contributed by atoms with E-state index in [1.165, 1.54) is 37.7 Å². The summed E-state index contributed by atoms with van der Waals surface area (Å²) in [4.78, 5) is 8.88. The maximum absolute atomic E-state index is 4.44. The minimum absolute atomic E-state index is 0.0470. The van der Waals surface area contributed by atoms with Gasteiger partial charge in [-0.05, 0) is 45.2 Å². The van der Waals surface area contributed by atoms with Crippen molar-refractivity contribution >= 4 is 5.95 Å². The van der Waals surface area contributed by atoms with Gasteiger partial charge in [0, 0.05) is 24.5 Å². The average Bonchev–Trinajstić information content (AvgIpc) is 2.47. The van der Waals surface area contributed by atoms with Crippen LogP contribution in [0.2, 0.25) is 0 Å². The van der Waals surface area contributed by atoms with E-state index in [9.17, 15) is 0 Å². The molecular weight excluding hydrogens is 236 g/mol. The third-order valence-electron chi connectivity index (χ3n) is 4.11. The van der Waals surface area contributed by atoms with Crippen molar-refractivity contribution in [1.29, 1.82) is 0 Å². The van der Waals surface area contributed by atoms with E-state index in [0.717, 1.165) is 12.5 Å². The molecule has 1 fully saturated rings. The predicted molar refractivity (Wildman–Crippen MR) is 79.5 cm³/mol. The van der Waals surface area contributed by atoms with Gasteiger partial charge in [-0.1, -0.05) is 19.3 Å². The lowest BCUT2D eigenvalue weighted by Crippen LogP contribution is -2.43. The van der Waals surface area contributed by atoms with Gasteiger partial charge in [0.1, 0.15) is 0 Å². The largest absolute Gasteiger partial charge is 0.352 e. The Morgan fingerprint density at radius 2 is 1.79 bits per heavy atom. The molecule has 0 bridgehead atoms. The van der Waals surface area contributed by atoms with Crippen LogP contribution in [0.5, 0.6) is 0 Å². The molecule has 106 valence electrons. The summed E-state index contributed by atoms with van der Waals surface area (Å²) >= 11 is 0. The molecule has 0 radical (unpaired) electrons. The maximum Gasteiger partial charge on any atom is 0.222 e. The Balaban J connectivity index is 1.91. The lowest BCUT2D eigenvalue weighted by Gasteiger charge is -2.24. The van der Waals surface area contributed by atoms with Crippen LogP contribution < -0.4 is 10.6 Å². The van der Waals surface area contributed by atoms with Crippen molar-refractivity contribution in [1.82, 2.24) is 15.3 Å². The second kappa shape index (κ2) is 6.33. The average molecular weight is 262 g/mol. The summed E-state index contributed by atoms with van der Waals surface area (Å²) in [5, 5.41) is 6.54. The first-order valence-electron chi connectivity index (χ1n) is 7.35. The Morgan fingerprint density at radius 3 is 2.37 bits per heavy atom. The molecule has 0 aromatic carbocycles. The van der Waals surface area contributed by atoms with Gasteiger partial charge in [-0.2, -0.15) is 0 Å². The number of nitrogens with zero attached hydrogens (tertiary/aromatic N) is 2. The Kier molecular flexibility index (Phi) is 4.75. The fourth-order valence-corrected chi connectivity index (χ4v) is 2.46. The highest BCUT2D eigenvalue weighted by atomic mass is 15.1. The molecule has 1 aromatic rings. The van der Waals surface area contributed by atoms with E-state index in [0.29, 0.717) is 5.92 Å². The summed E-state index contributed by atoms with van der Waals surface area (Å²) < 4.78 is 0. The van der Waals surface area contributed by atoms with E-state index in [2.05, 4.69) is 34.4 Å². The van der Waals surface area contributed by atoms with E-state index >= 15 is 0 Å². The minimum Gasteiger partial charge on any atom is -0.352 e. The second-order valence-corrected chi connectivity index (χ2v) is 6.16. The third kappa shape index (κ3) is 4.16. The number of hydrogen-bond acceptors (Lipinski definition) is 4. The lowest BCUT2D eigenvalue weighted by atomic mass is 9.85. The molecule has 1 aromatic heterocycles. The quantitative estimate of drug-likeness (QED) is 0.856. The van der Waals surface area contributed by atoms with Crippen LogP contribution in [0.1, 0.15) is 57.4 Å². The molecule has 0 spiro atoms. The summed E-state index contributed by atoms with van der Waals surface area (Å²) in [6, 6.07) is 0. The van der Waals surface area contributed by atoms with Crippen molar-refractivity contribution in [2.45, 2.75) is 57.4 Å². The highest BCUT2D eigenvalue weighted by Gasteiger charge is 2.17. The van der Waals surface area contributed by atoms with E-state index in [1.54, 1.807) is 0 Å². The van der Waals surface area contributed by atoms with Gasteiger partial charge in [-0.25, -0.2) is 9.97 Å². The molecule has 4 heteroatoms. The Morgan fingerprint density at radius 1 is 1.16 bits per heavy atom. The molecular formula is C15H26N4. The number of nitrogens with one attached hydrogen (secondary N) is 2. The number of aromatic nitrogens is 2. The topological polar surface area (TPSA) is 49.8 Å². The molecule has 1 heterocycles. The van der Waals surface area contributed by atoms with Crippen LogP contribution in [0.3, 0.4) is 0 Å². The molecule has 0 aliphatic heterocycles.